The summed E-state index contributed by atoms with van der Waals surface area (Å²) in [6.07, 6.45) is 5.32. The molecule has 220 valence electrons. The molecule has 1 aromatic carbocycles. The largest absolute Gasteiger partial charge is 0.481 e. The molecule has 3 heterocycles. The molecule has 12 nitrogen and oxygen atoms in total. The Kier molecular flexibility index (Phi) is 9.45. The van der Waals surface area contributed by atoms with Crippen LogP contribution in [0.1, 0.15) is 44.4 Å². The van der Waals surface area contributed by atoms with Crippen LogP contribution >= 0.6 is 0 Å². The summed E-state index contributed by atoms with van der Waals surface area (Å²) in [6.45, 7) is 2.67. The number of amides is 2. The van der Waals surface area contributed by atoms with E-state index in [0.717, 1.165) is 24.8 Å². The Hall–Kier alpha value is -3.58. The number of nitrogens with zero attached hydrogens (tertiary/aromatic N) is 2. The number of fused-ring (bicyclic) bond motifs is 1. The van der Waals surface area contributed by atoms with Crippen LogP contribution in [-0.4, -0.2) is 71.0 Å². The van der Waals surface area contributed by atoms with Crippen molar-refractivity contribution >= 4 is 23.9 Å². The maximum atomic E-state index is 13.0. The number of ether oxygens (including phenoxy) is 4. The number of urea groups is 1. The van der Waals surface area contributed by atoms with E-state index in [1.54, 1.807) is 6.92 Å². The van der Waals surface area contributed by atoms with Crippen LogP contribution in [0.3, 0.4) is 0 Å². The van der Waals surface area contributed by atoms with Crippen molar-refractivity contribution in [2.24, 2.45) is 11.8 Å². The summed E-state index contributed by atoms with van der Waals surface area (Å²) >= 11 is 0. The van der Waals surface area contributed by atoms with Gasteiger partial charge in [0.15, 0.2) is 12.5 Å². The van der Waals surface area contributed by atoms with Gasteiger partial charge in [0, 0.05) is 12.7 Å². The summed E-state index contributed by atoms with van der Waals surface area (Å²) in [5, 5.41) is 14.7. The molecule has 2 amide bonds. The number of hydrogen-bond acceptors (Lipinski definition) is 8. The van der Waals surface area contributed by atoms with Crippen LogP contribution in [0.25, 0.3) is 6.08 Å². The van der Waals surface area contributed by atoms with E-state index in [0.29, 0.717) is 19.6 Å². The molecule has 1 aromatic heterocycles. The lowest BCUT2D eigenvalue weighted by Gasteiger charge is -2.28. The Labute approximate surface area is 237 Å². The number of carboxylic acids is 1. The molecule has 7 atom stereocenters. The van der Waals surface area contributed by atoms with Crippen LogP contribution in [-0.2, 0) is 23.7 Å². The zero-order valence-corrected chi connectivity index (χ0v) is 22.9. The maximum Gasteiger partial charge on any atom is 0.351 e. The summed E-state index contributed by atoms with van der Waals surface area (Å²) in [4.78, 5) is 40.5. The van der Waals surface area contributed by atoms with Gasteiger partial charge in [-0.05, 0) is 43.4 Å². The minimum atomic E-state index is -0.844. The molecule has 5 rings (SSSR count). The highest BCUT2D eigenvalue weighted by molar-refractivity contribution is 5.87. The van der Waals surface area contributed by atoms with Crippen molar-refractivity contribution < 1.29 is 33.6 Å². The van der Waals surface area contributed by atoms with Crippen LogP contribution in [0.4, 0.5) is 10.6 Å². The average Bonchev–Trinajstić information content (AvgIpc) is 3.52. The monoisotopic (exact) mass is 568 g/mol. The van der Waals surface area contributed by atoms with Crippen LogP contribution < -0.4 is 16.3 Å². The summed E-state index contributed by atoms with van der Waals surface area (Å²) in [5.74, 6) is -1.15. The normalized spacial score (nSPS) is 29.3. The van der Waals surface area contributed by atoms with E-state index in [2.05, 4.69) is 15.6 Å². The average molecular weight is 569 g/mol. The third-order valence-corrected chi connectivity index (χ3v) is 7.64. The molecule has 1 aliphatic carbocycles. The van der Waals surface area contributed by atoms with Crippen molar-refractivity contribution in [3.8, 4) is 0 Å². The summed E-state index contributed by atoms with van der Waals surface area (Å²) in [6, 6.07) is 10.8. The highest BCUT2D eigenvalue weighted by Gasteiger charge is 2.53. The lowest BCUT2D eigenvalue weighted by atomic mass is 9.80. The first kappa shape index (κ1) is 28.9. The van der Waals surface area contributed by atoms with E-state index in [1.807, 2.05) is 42.5 Å². The van der Waals surface area contributed by atoms with Crippen molar-refractivity contribution in [3.63, 3.8) is 0 Å². The highest BCUT2D eigenvalue weighted by Crippen LogP contribution is 2.40. The third kappa shape index (κ3) is 7.02. The van der Waals surface area contributed by atoms with Gasteiger partial charge < -0.3 is 29.4 Å². The first-order chi connectivity index (χ1) is 19.9. The molecule has 3 N–H and O–H groups in total. The van der Waals surface area contributed by atoms with Crippen molar-refractivity contribution in [2.75, 3.05) is 25.1 Å². The Bertz CT molecular complexity index is 1290. The van der Waals surface area contributed by atoms with Gasteiger partial charge in [-0.25, -0.2) is 9.59 Å². The minimum absolute atomic E-state index is 0.0617. The van der Waals surface area contributed by atoms with Crippen molar-refractivity contribution in [3.05, 3.63) is 64.7 Å². The second-order valence-electron chi connectivity index (χ2n) is 10.4. The number of benzene rings is 1. The molecule has 0 radical (unpaired) electrons. The maximum absolute atomic E-state index is 13.0. The van der Waals surface area contributed by atoms with Gasteiger partial charge in [0.2, 0.25) is 0 Å². The van der Waals surface area contributed by atoms with Crippen molar-refractivity contribution in [1.82, 2.24) is 14.9 Å². The zero-order valence-electron chi connectivity index (χ0n) is 22.9. The Morgan fingerprint density at radius 1 is 1.10 bits per heavy atom. The lowest BCUT2D eigenvalue weighted by Crippen LogP contribution is -2.35. The number of anilines is 1. The summed E-state index contributed by atoms with van der Waals surface area (Å²) in [7, 11) is 0. The van der Waals surface area contributed by atoms with Crippen molar-refractivity contribution in [2.45, 2.75) is 63.4 Å². The van der Waals surface area contributed by atoms with E-state index in [1.165, 1.54) is 16.8 Å². The molecule has 2 aliphatic heterocycles. The molecule has 3 fully saturated rings. The van der Waals surface area contributed by atoms with E-state index in [-0.39, 0.29) is 18.3 Å². The van der Waals surface area contributed by atoms with Crippen LogP contribution in [0.5, 0.6) is 0 Å². The minimum Gasteiger partial charge on any atom is -0.481 e. The third-order valence-electron chi connectivity index (χ3n) is 7.64. The molecular weight excluding hydrogens is 532 g/mol. The van der Waals surface area contributed by atoms with Gasteiger partial charge in [-0.2, -0.15) is 4.98 Å². The number of nitrogens with one attached hydrogen (secondary N) is 2. The SMILES string of the molecule is CCNC(=O)Nc1ccn([C@@H]2O[C@H](COCC3CCCCC3C(=O)O)C3O[C@H](/C=C/c4ccccc4)O[C@@H]32)c(=O)n1. The smallest absolute Gasteiger partial charge is 0.351 e. The van der Waals surface area contributed by atoms with Crippen LogP contribution in [0.2, 0.25) is 0 Å². The number of aromatic nitrogens is 2. The number of carboxylic acid groups (broad SMARTS) is 1. The summed E-state index contributed by atoms with van der Waals surface area (Å²) < 4.78 is 26.0. The van der Waals surface area contributed by atoms with E-state index >= 15 is 0 Å². The van der Waals surface area contributed by atoms with Gasteiger partial charge in [-0.1, -0.05) is 49.2 Å². The van der Waals surface area contributed by atoms with Crippen LogP contribution in [0.15, 0.2) is 53.5 Å². The number of carbonyl (C=O) groups is 2. The molecule has 2 saturated heterocycles. The fraction of sp³-hybridized carbons (Fsp3) is 0.517. The quantitative estimate of drug-likeness (QED) is 0.393. The molecule has 1 saturated carbocycles. The van der Waals surface area contributed by atoms with Crippen LogP contribution in [0, 0.1) is 11.8 Å². The molecule has 2 aromatic rings. The second-order valence-corrected chi connectivity index (χ2v) is 10.4. The van der Waals surface area contributed by atoms with Gasteiger partial charge in [-0.15, -0.1) is 0 Å². The Morgan fingerprint density at radius 2 is 1.88 bits per heavy atom. The summed E-state index contributed by atoms with van der Waals surface area (Å²) in [5.41, 5.74) is 0.364. The van der Waals surface area contributed by atoms with Gasteiger partial charge >= 0.3 is 17.7 Å². The van der Waals surface area contributed by atoms with Gasteiger partial charge in [0.05, 0.1) is 19.1 Å². The fourth-order valence-corrected chi connectivity index (χ4v) is 5.63. The first-order valence-electron chi connectivity index (χ1n) is 14.1. The Morgan fingerprint density at radius 3 is 2.63 bits per heavy atom. The topological polar surface area (TPSA) is 150 Å². The van der Waals surface area contributed by atoms with E-state index < -0.39 is 54.4 Å². The Balaban J connectivity index is 1.30. The lowest BCUT2D eigenvalue weighted by molar-refractivity contribution is -0.150. The molecule has 0 bridgehead atoms. The predicted molar refractivity (Wildman–Crippen MR) is 148 cm³/mol. The van der Waals surface area contributed by atoms with E-state index in [4.69, 9.17) is 18.9 Å². The molecule has 3 aliphatic rings. The fourth-order valence-electron chi connectivity index (χ4n) is 5.63. The number of rotatable bonds is 10. The molecule has 3 unspecified atom stereocenters. The van der Waals surface area contributed by atoms with Gasteiger partial charge in [0.25, 0.3) is 0 Å². The molecule has 12 heteroatoms. The standard InChI is InChI=1S/C29H36N4O8/c1-2-30-28(36)31-22-14-15-33(29(37)32-22)26-25-24(40-23(41-25)13-12-18-8-4-3-5-9-18)21(39-26)17-38-16-19-10-6-7-11-20(19)27(34)35/h3-5,8-9,12-15,19-21,23-26H,2,6-7,10-11,16-17H2,1H3,(H,34,35)(H2,30,31,32,36,37)/b13-12+/t19?,20?,21-,23+,24?,25+,26-/m1/s1. The molecule has 0 spiro atoms. The number of hydrogen-bond donors (Lipinski definition) is 3. The zero-order chi connectivity index (χ0) is 28.8. The first-order valence-corrected chi connectivity index (χ1v) is 14.1. The molecular formula is C29H36N4O8. The van der Waals surface area contributed by atoms with Crippen molar-refractivity contribution in [1.29, 1.82) is 0 Å². The van der Waals surface area contributed by atoms with Gasteiger partial charge in [0.1, 0.15) is 24.1 Å². The second kappa shape index (κ2) is 13.4. The molecule has 41 heavy (non-hydrogen) atoms. The predicted octanol–water partition coefficient (Wildman–Crippen LogP) is 3.01. The number of aliphatic carboxylic acids is 1. The van der Waals surface area contributed by atoms with E-state index in [9.17, 15) is 19.5 Å². The van der Waals surface area contributed by atoms with Gasteiger partial charge in [-0.3, -0.25) is 14.7 Å². The highest BCUT2D eigenvalue weighted by atomic mass is 16.8. The number of carbonyl (C=O) groups excluding carboxylic acids is 1.